The Morgan fingerprint density at radius 3 is 2.24 bits per heavy atom. The molecule has 1 aliphatic carbocycles. The molecule has 3 N–H and O–H groups in total. The molecule has 218 valence electrons. The highest BCUT2D eigenvalue weighted by Gasteiger charge is 2.30. The van der Waals surface area contributed by atoms with E-state index in [0.717, 1.165) is 57.7 Å². The highest BCUT2D eigenvalue weighted by molar-refractivity contribution is 6.00. The molecule has 2 aliphatic rings. The van der Waals surface area contributed by atoms with Crippen LogP contribution in [-0.2, 0) is 7.05 Å². The summed E-state index contributed by atoms with van der Waals surface area (Å²) in [5.41, 5.74) is 15.2. The van der Waals surface area contributed by atoms with E-state index < -0.39 is 0 Å². The van der Waals surface area contributed by atoms with E-state index in [4.69, 9.17) is 15.7 Å². The molecule has 2 aromatic carbocycles. The van der Waals surface area contributed by atoms with Crippen LogP contribution in [0.2, 0.25) is 0 Å². The van der Waals surface area contributed by atoms with Crippen LogP contribution < -0.4 is 11.1 Å². The van der Waals surface area contributed by atoms with Crippen molar-refractivity contribution in [1.82, 2.24) is 33.9 Å². The molecule has 1 aliphatic heterocycles. The van der Waals surface area contributed by atoms with Crippen LogP contribution in [0.4, 0.5) is 17.5 Å². The Balaban J connectivity index is 1.14. The van der Waals surface area contributed by atoms with Crippen LogP contribution in [0.3, 0.4) is 0 Å². The predicted octanol–water partition coefficient (Wildman–Crippen LogP) is 5.66. The molecule has 2 fully saturated rings. The first-order valence-corrected chi connectivity index (χ1v) is 15.2. The minimum atomic E-state index is 0.421. The van der Waals surface area contributed by atoms with Gasteiger partial charge in [-0.3, -0.25) is 4.90 Å². The molecule has 5 aromatic rings. The Morgan fingerprint density at radius 2 is 1.52 bits per heavy atom. The minimum Gasteiger partial charge on any atom is -0.383 e. The zero-order chi connectivity index (χ0) is 29.0. The molecule has 1 saturated heterocycles. The van der Waals surface area contributed by atoms with Gasteiger partial charge < -0.3 is 25.1 Å². The van der Waals surface area contributed by atoms with E-state index in [9.17, 15) is 0 Å². The van der Waals surface area contributed by atoms with Crippen molar-refractivity contribution >= 4 is 39.5 Å². The second-order valence-corrected chi connectivity index (χ2v) is 12.3. The highest BCUT2D eigenvalue weighted by Crippen LogP contribution is 2.39. The number of nitrogens with zero attached hydrogens (tertiary/aromatic N) is 7. The Bertz CT molecular complexity index is 1730. The fourth-order valence-electron chi connectivity index (χ4n) is 7.10. The van der Waals surface area contributed by atoms with Crippen LogP contribution in [-0.4, -0.2) is 73.2 Å². The number of nitrogen functional groups attached to an aromatic ring is 1. The highest BCUT2D eigenvalue weighted by atomic mass is 15.3. The Morgan fingerprint density at radius 1 is 0.833 bits per heavy atom. The van der Waals surface area contributed by atoms with E-state index in [1.165, 1.54) is 50.1 Å². The smallest absolute Gasteiger partial charge is 0.208 e. The molecule has 0 atom stereocenters. The SMILES string of the molecule is Cc1ccc(C)c2c1nc(Nc1ccc(-c3cn(C4CCC(N5CCN(C)CC5)CC4)c4ncnc(N)c34)cc1)n2C. The van der Waals surface area contributed by atoms with Gasteiger partial charge in [0.05, 0.1) is 16.4 Å². The molecule has 3 aromatic heterocycles. The number of anilines is 3. The lowest BCUT2D eigenvalue weighted by Gasteiger charge is -2.41. The average molecular weight is 564 g/mol. The molecule has 9 heteroatoms. The van der Waals surface area contributed by atoms with Crippen molar-refractivity contribution in [2.45, 2.75) is 51.6 Å². The van der Waals surface area contributed by atoms with E-state index in [1.807, 2.05) is 0 Å². The Labute approximate surface area is 247 Å². The summed E-state index contributed by atoms with van der Waals surface area (Å²) in [5, 5.41) is 4.47. The second-order valence-electron chi connectivity index (χ2n) is 12.3. The number of benzene rings is 2. The second kappa shape index (κ2) is 10.7. The van der Waals surface area contributed by atoms with Gasteiger partial charge in [-0.05, 0) is 75.4 Å². The molecule has 0 amide bonds. The molecule has 0 unspecified atom stereocenters. The Hall–Kier alpha value is -3.95. The summed E-state index contributed by atoms with van der Waals surface area (Å²) in [5.74, 6) is 1.36. The largest absolute Gasteiger partial charge is 0.383 e. The van der Waals surface area contributed by atoms with Gasteiger partial charge in [-0.25, -0.2) is 15.0 Å². The summed E-state index contributed by atoms with van der Waals surface area (Å²) in [7, 11) is 4.29. The number of aryl methyl sites for hydroxylation is 3. The quantitative estimate of drug-likeness (QED) is 0.285. The Kier molecular flexibility index (Phi) is 6.86. The lowest BCUT2D eigenvalue weighted by molar-refractivity contribution is 0.0828. The molecular weight excluding hydrogens is 522 g/mol. The van der Waals surface area contributed by atoms with Gasteiger partial charge in [-0.15, -0.1) is 0 Å². The van der Waals surface area contributed by atoms with Gasteiger partial charge in [-0.2, -0.15) is 0 Å². The van der Waals surface area contributed by atoms with E-state index in [-0.39, 0.29) is 0 Å². The normalized spacial score (nSPS) is 20.5. The third-order valence-corrected chi connectivity index (χ3v) is 9.63. The van der Waals surface area contributed by atoms with Gasteiger partial charge in [0.25, 0.3) is 0 Å². The third kappa shape index (κ3) is 4.70. The number of nitrogens with two attached hydrogens (primary N) is 1. The van der Waals surface area contributed by atoms with E-state index in [0.29, 0.717) is 17.9 Å². The molecule has 7 rings (SSSR count). The monoisotopic (exact) mass is 563 g/mol. The molecular formula is C33H41N9. The van der Waals surface area contributed by atoms with Gasteiger partial charge in [0.1, 0.15) is 17.8 Å². The zero-order valence-corrected chi connectivity index (χ0v) is 25.1. The van der Waals surface area contributed by atoms with Crippen molar-refractivity contribution in [3.8, 4) is 11.1 Å². The number of hydrogen-bond acceptors (Lipinski definition) is 7. The summed E-state index contributed by atoms with van der Waals surface area (Å²) in [6.07, 6.45) is 8.63. The zero-order valence-electron chi connectivity index (χ0n) is 25.1. The number of aromatic nitrogens is 5. The number of piperazine rings is 1. The number of fused-ring (bicyclic) bond motifs is 2. The maximum atomic E-state index is 6.48. The van der Waals surface area contributed by atoms with Crippen LogP contribution in [0.1, 0.15) is 42.9 Å². The minimum absolute atomic E-state index is 0.421. The fraction of sp³-hybridized carbons (Fsp3) is 0.424. The maximum Gasteiger partial charge on any atom is 0.208 e. The van der Waals surface area contributed by atoms with Gasteiger partial charge >= 0.3 is 0 Å². The molecule has 0 bridgehead atoms. The number of hydrogen-bond donors (Lipinski definition) is 2. The number of imidazole rings is 1. The summed E-state index contributed by atoms with van der Waals surface area (Å²) in [6, 6.07) is 13.9. The lowest BCUT2D eigenvalue weighted by Crippen LogP contribution is -2.49. The number of nitrogens with one attached hydrogen (secondary N) is 1. The third-order valence-electron chi connectivity index (χ3n) is 9.63. The van der Waals surface area contributed by atoms with Crippen molar-refractivity contribution < 1.29 is 0 Å². The van der Waals surface area contributed by atoms with Crippen molar-refractivity contribution in [3.63, 3.8) is 0 Å². The summed E-state index contributed by atoms with van der Waals surface area (Å²) >= 11 is 0. The number of likely N-dealkylation sites (N-methyl/N-ethyl adjacent to an activating group) is 1. The van der Waals surface area contributed by atoms with Gasteiger partial charge in [0, 0.05) is 62.8 Å². The molecule has 0 spiro atoms. The predicted molar refractivity (Wildman–Crippen MR) is 171 cm³/mol. The summed E-state index contributed by atoms with van der Waals surface area (Å²) in [6.45, 7) is 8.97. The van der Waals surface area contributed by atoms with E-state index in [2.05, 4.69) is 99.8 Å². The van der Waals surface area contributed by atoms with Crippen LogP contribution in [0, 0.1) is 13.8 Å². The molecule has 1 saturated carbocycles. The summed E-state index contributed by atoms with van der Waals surface area (Å²) < 4.78 is 4.51. The van der Waals surface area contributed by atoms with Crippen molar-refractivity contribution in [1.29, 1.82) is 0 Å². The first kappa shape index (κ1) is 26.9. The molecule has 4 heterocycles. The summed E-state index contributed by atoms with van der Waals surface area (Å²) in [4.78, 5) is 19.1. The van der Waals surface area contributed by atoms with Crippen molar-refractivity contribution in [2.75, 3.05) is 44.3 Å². The van der Waals surface area contributed by atoms with Crippen LogP contribution in [0.5, 0.6) is 0 Å². The molecule has 42 heavy (non-hydrogen) atoms. The van der Waals surface area contributed by atoms with Crippen molar-refractivity contribution in [3.05, 3.63) is 60.0 Å². The van der Waals surface area contributed by atoms with Crippen molar-refractivity contribution in [2.24, 2.45) is 7.05 Å². The standard InChI is InChI=1S/C33H41N9/c1-21-5-6-22(2)30-29(21)38-33(40(30)4)37-24-9-7-23(8-10-24)27-19-42(32-28(27)31(34)35-20-36-32)26-13-11-25(12-14-26)41-17-15-39(3)16-18-41/h5-10,19-20,25-26H,11-18H2,1-4H3,(H,37,38)(H2,34,35,36). The van der Waals surface area contributed by atoms with Gasteiger partial charge in [0.2, 0.25) is 5.95 Å². The first-order valence-electron chi connectivity index (χ1n) is 15.2. The van der Waals surface area contributed by atoms with Crippen LogP contribution in [0.25, 0.3) is 33.2 Å². The van der Waals surface area contributed by atoms with E-state index >= 15 is 0 Å². The molecule has 0 radical (unpaired) electrons. The van der Waals surface area contributed by atoms with E-state index in [1.54, 1.807) is 6.33 Å². The maximum absolute atomic E-state index is 6.48. The fourth-order valence-corrected chi connectivity index (χ4v) is 7.10. The topological polar surface area (TPSA) is 93.1 Å². The van der Waals surface area contributed by atoms with Crippen LogP contribution in [0.15, 0.2) is 48.9 Å². The van der Waals surface area contributed by atoms with Gasteiger partial charge in [0.15, 0.2) is 0 Å². The van der Waals surface area contributed by atoms with Crippen LogP contribution >= 0.6 is 0 Å². The van der Waals surface area contributed by atoms with Gasteiger partial charge in [-0.1, -0.05) is 24.3 Å². The average Bonchev–Trinajstić information content (AvgIpc) is 3.56. The lowest BCUT2D eigenvalue weighted by atomic mass is 9.89. The first-order chi connectivity index (χ1) is 20.4. The number of rotatable bonds is 5. The molecule has 9 nitrogen and oxygen atoms in total.